The number of hydrogen-bond donors (Lipinski definition) is 1. The molecule has 4 nitrogen and oxygen atoms in total. The lowest BCUT2D eigenvalue weighted by atomic mass is 9.96. The van der Waals surface area contributed by atoms with Crippen molar-refractivity contribution >= 4 is 27.6 Å². The van der Waals surface area contributed by atoms with Crippen molar-refractivity contribution in [2.24, 2.45) is 0 Å². The molecule has 1 aromatic rings. The number of carbonyl (C=O) groups is 1. The zero-order chi connectivity index (χ0) is 15.0. The maximum atomic E-state index is 11.3. The molecule has 2 atom stereocenters. The molecule has 1 aromatic carbocycles. The Morgan fingerprint density at radius 2 is 2.10 bits per heavy atom. The number of hydrogen-bond acceptors (Lipinski definition) is 3. The van der Waals surface area contributed by atoms with E-state index in [4.69, 9.17) is 0 Å². The molecule has 21 heavy (non-hydrogen) atoms. The first-order valence-corrected chi connectivity index (χ1v) is 8.38. The summed E-state index contributed by atoms with van der Waals surface area (Å²) < 4.78 is 0.829. The number of fused-ring (bicyclic) bond motifs is 1. The van der Waals surface area contributed by atoms with Gasteiger partial charge in [0, 0.05) is 35.3 Å². The van der Waals surface area contributed by atoms with E-state index in [2.05, 4.69) is 32.7 Å². The van der Waals surface area contributed by atoms with Gasteiger partial charge in [-0.15, -0.1) is 0 Å². The van der Waals surface area contributed by atoms with E-state index < -0.39 is 5.97 Å². The zero-order valence-electron chi connectivity index (χ0n) is 12.3. The van der Waals surface area contributed by atoms with E-state index in [0.717, 1.165) is 23.2 Å². The van der Waals surface area contributed by atoms with E-state index in [-0.39, 0.29) is 0 Å². The first kappa shape index (κ1) is 14.9. The van der Waals surface area contributed by atoms with Crippen LogP contribution in [0.4, 0.5) is 5.69 Å². The molecule has 2 heterocycles. The Balaban J connectivity index is 1.87. The SMILES string of the molecule is CC1CN2CCCCC2CN1c1cc(Br)cc(C(=O)O)c1. The molecule has 2 fully saturated rings. The number of piperazine rings is 1. The summed E-state index contributed by atoms with van der Waals surface area (Å²) in [6.07, 6.45) is 3.87. The van der Waals surface area contributed by atoms with Gasteiger partial charge in [-0.05, 0) is 44.5 Å². The summed E-state index contributed by atoms with van der Waals surface area (Å²) in [7, 11) is 0. The Bertz CT molecular complexity index is 549. The standard InChI is InChI=1S/C16H21BrN2O2/c1-11-9-18-5-3-2-4-14(18)10-19(11)15-7-12(16(20)21)6-13(17)8-15/h6-8,11,14H,2-5,9-10H2,1H3,(H,20,21). The van der Waals surface area contributed by atoms with Gasteiger partial charge in [0.15, 0.2) is 0 Å². The summed E-state index contributed by atoms with van der Waals surface area (Å²) in [5.41, 5.74) is 1.36. The van der Waals surface area contributed by atoms with Gasteiger partial charge in [-0.3, -0.25) is 4.90 Å². The third-order valence-corrected chi connectivity index (χ3v) is 5.11. The van der Waals surface area contributed by atoms with Gasteiger partial charge in [0.05, 0.1) is 5.56 Å². The monoisotopic (exact) mass is 352 g/mol. The Hall–Kier alpha value is -1.07. The molecule has 3 rings (SSSR count). The van der Waals surface area contributed by atoms with Crippen LogP contribution in [0.1, 0.15) is 36.5 Å². The second-order valence-electron chi connectivity index (χ2n) is 6.15. The van der Waals surface area contributed by atoms with Crippen molar-refractivity contribution in [3.8, 4) is 0 Å². The van der Waals surface area contributed by atoms with Crippen LogP contribution in [0.25, 0.3) is 0 Å². The molecule has 114 valence electrons. The van der Waals surface area contributed by atoms with Crippen molar-refractivity contribution < 1.29 is 9.90 Å². The van der Waals surface area contributed by atoms with Crippen molar-refractivity contribution in [2.45, 2.75) is 38.3 Å². The summed E-state index contributed by atoms with van der Waals surface area (Å²) in [6, 6.07) is 6.51. The number of anilines is 1. The molecule has 2 aliphatic heterocycles. The highest BCUT2D eigenvalue weighted by Crippen LogP contribution is 2.30. The Kier molecular flexibility index (Phi) is 4.22. The number of piperidine rings is 1. The molecular weight excluding hydrogens is 332 g/mol. The molecular formula is C16H21BrN2O2. The van der Waals surface area contributed by atoms with Crippen LogP contribution in [0.2, 0.25) is 0 Å². The summed E-state index contributed by atoms with van der Waals surface area (Å²) in [5.74, 6) is -0.874. The molecule has 2 aliphatic rings. The van der Waals surface area contributed by atoms with Crippen molar-refractivity contribution in [3.63, 3.8) is 0 Å². The number of halogens is 1. The highest BCUT2D eigenvalue weighted by Gasteiger charge is 2.33. The van der Waals surface area contributed by atoms with Gasteiger partial charge in [0.2, 0.25) is 0 Å². The molecule has 1 N–H and O–H groups in total. The average Bonchev–Trinajstić information content (AvgIpc) is 2.45. The van der Waals surface area contributed by atoms with Gasteiger partial charge in [-0.1, -0.05) is 22.4 Å². The fourth-order valence-electron chi connectivity index (χ4n) is 3.58. The Morgan fingerprint density at radius 1 is 1.29 bits per heavy atom. The van der Waals surface area contributed by atoms with Gasteiger partial charge < -0.3 is 10.0 Å². The van der Waals surface area contributed by atoms with Gasteiger partial charge in [0.1, 0.15) is 0 Å². The second-order valence-corrected chi connectivity index (χ2v) is 7.06. The minimum atomic E-state index is -0.874. The lowest BCUT2D eigenvalue weighted by Crippen LogP contribution is -2.58. The minimum Gasteiger partial charge on any atom is -0.478 e. The lowest BCUT2D eigenvalue weighted by molar-refractivity contribution is 0.0696. The van der Waals surface area contributed by atoms with E-state index in [1.54, 1.807) is 12.1 Å². The van der Waals surface area contributed by atoms with Crippen LogP contribution in [0.5, 0.6) is 0 Å². The summed E-state index contributed by atoms with van der Waals surface area (Å²) >= 11 is 3.44. The maximum absolute atomic E-state index is 11.3. The molecule has 0 aliphatic carbocycles. The molecule has 5 heteroatoms. The van der Waals surface area contributed by atoms with E-state index in [0.29, 0.717) is 17.6 Å². The summed E-state index contributed by atoms with van der Waals surface area (Å²) in [6.45, 7) is 5.50. The summed E-state index contributed by atoms with van der Waals surface area (Å²) in [5, 5.41) is 9.24. The average molecular weight is 353 g/mol. The number of carboxylic acid groups (broad SMARTS) is 1. The fraction of sp³-hybridized carbons (Fsp3) is 0.562. The normalized spacial score (nSPS) is 26.5. The van der Waals surface area contributed by atoms with Crippen LogP contribution in [0.3, 0.4) is 0 Å². The topological polar surface area (TPSA) is 43.8 Å². The van der Waals surface area contributed by atoms with Crippen LogP contribution in [-0.2, 0) is 0 Å². The lowest BCUT2D eigenvalue weighted by Gasteiger charge is -2.48. The van der Waals surface area contributed by atoms with E-state index in [9.17, 15) is 9.90 Å². The maximum Gasteiger partial charge on any atom is 0.335 e. The van der Waals surface area contributed by atoms with Gasteiger partial charge in [-0.25, -0.2) is 4.79 Å². The molecule has 2 saturated heterocycles. The fourth-order valence-corrected chi connectivity index (χ4v) is 4.06. The number of carboxylic acids is 1. The second kappa shape index (κ2) is 5.97. The van der Waals surface area contributed by atoms with E-state index in [1.807, 2.05) is 6.07 Å². The molecule has 0 amide bonds. The van der Waals surface area contributed by atoms with Gasteiger partial charge >= 0.3 is 5.97 Å². The third-order valence-electron chi connectivity index (χ3n) is 4.65. The Labute approximate surface area is 133 Å². The van der Waals surface area contributed by atoms with Crippen LogP contribution in [0.15, 0.2) is 22.7 Å². The molecule has 0 aromatic heterocycles. The highest BCUT2D eigenvalue weighted by atomic mass is 79.9. The predicted molar refractivity (Wildman–Crippen MR) is 87.1 cm³/mol. The number of rotatable bonds is 2. The van der Waals surface area contributed by atoms with Crippen molar-refractivity contribution in [3.05, 3.63) is 28.2 Å². The van der Waals surface area contributed by atoms with Crippen LogP contribution >= 0.6 is 15.9 Å². The Morgan fingerprint density at radius 3 is 2.86 bits per heavy atom. The smallest absolute Gasteiger partial charge is 0.335 e. The van der Waals surface area contributed by atoms with E-state index >= 15 is 0 Å². The van der Waals surface area contributed by atoms with Gasteiger partial charge in [0.25, 0.3) is 0 Å². The van der Waals surface area contributed by atoms with Crippen molar-refractivity contribution in [1.82, 2.24) is 4.90 Å². The molecule has 0 saturated carbocycles. The van der Waals surface area contributed by atoms with Crippen molar-refractivity contribution in [2.75, 3.05) is 24.5 Å². The number of benzene rings is 1. The van der Waals surface area contributed by atoms with E-state index in [1.165, 1.54) is 25.8 Å². The number of nitrogens with zero attached hydrogens (tertiary/aromatic N) is 2. The third kappa shape index (κ3) is 3.09. The van der Waals surface area contributed by atoms with Crippen LogP contribution in [0, 0.1) is 0 Å². The van der Waals surface area contributed by atoms with Crippen LogP contribution < -0.4 is 4.90 Å². The largest absolute Gasteiger partial charge is 0.478 e. The first-order chi connectivity index (χ1) is 10.0. The molecule has 2 unspecified atom stereocenters. The molecule has 0 bridgehead atoms. The quantitative estimate of drug-likeness (QED) is 0.887. The summed E-state index contributed by atoms with van der Waals surface area (Å²) in [4.78, 5) is 16.2. The van der Waals surface area contributed by atoms with Crippen molar-refractivity contribution in [1.29, 1.82) is 0 Å². The minimum absolute atomic E-state index is 0.345. The first-order valence-electron chi connectivity index (χ1n) is 7.59. The predicted octanol–water partition coefficient (Wildman–Crippen LogP) is 3.21. The number of aromatic carboxylic acids is 1. The van der Waals surface area contributed by atoms with Crippen LogP contribution in [-0.4, -0.2) is 47.7 Å². The zero-order valence-corrected chi connectivity index (χ0v) is 13.8. The molecule has 0 spiro atoms. The highest BCUT2D eigenvalue weighted by molar-refractivity contribution is 9.10. The molecule has 0 radical (unpaired) electrons. The van der Waals surface area contributed by atoms with Gasteiger partial charge in [-0.2, -0.15) is 0 Å².